The van der Waals surface area contributed by atoms with Gasteiger partial charge in [-0.3, -0.25) is 0 Å². The highest BCUT2D eigenvalue weighted by atomic mass is 79.9. The summed E-state index contributed by atoms with van der Waals surface area (Å²) in [4.78, 5) is 0.0634. The minimum absolute atomic E-state index is 0.0634. The Labute approximate surface area is 132 Å². The Morgan fingerprint density at radius 3 is 2.79 bits per heavy atom. The molecule has 5 heteroatoms. The summed E-state index contributed by atoms with van der Waals surface area (Å²) in [5.41, 5.74) is 0.960. The van der Waals surface area contributed by atoms with Crippen LogP contribution in [0.5, 0.6) is 5.75 Å². The van der Waals surface area contributed by atoms with Gasteiger partial charge in [0.1, 0.15) is 5.75 Å². The third-order valence-electron chi connectivity index (χ3n) is 3.19. The van der Waals surface area contributed by atoms with E-state index < -0.39 is 0 Å². The second-order valence-electron chi connectivity index (χ2n) is 4.54. The van der Waals surface area contributed by atoms with Gasteiger partial charge in [0.2, 0.25) is 0 Å². The molecular weight excluding hydrogens is 351 g/mol. The Balaban J connectivity index is 2.21. The zero-order chi connectivity index (χ0) is 13.8. The van der Waals surface area contributed by atoms with E-state index in [4.69, 9.17) is 32.7 Å². The molecule has 1 saturated heterocycles. The molecule has 1 aromatic rings. The normalized spacial score (nSPS) is 21.2. The first-order chi connectivity index (χ1) is 9.13. The highest BCUT2D eigenvalue weighted by molar-refractivity contribution is 9.09. The summed E-state index contributed by atoms with van der Waals surface area (Å²) in [6.07, 6.45) is 3.51. The molecule has 2 rings (SSSR count). The van der Waals surface area contributed by atoms with E-state index in [-0.39, 0.29) is 10.9 Å². The van der Waals surface area contributed by atoms with Crippen LogP contribution < -0.4 is 4.74 Å². The fourth-order valence-corrected chi connectivity index (χ4v) is 3.64. The van der Waals surface area contributed by atoms with Gasteiger partial charge in [-0.25, -0.2) is 0 Å². The Bertz CT molecular complexity index is 434. The summed E-state index contributed by atoms with van der Waals surface area (Å²) in [5.74, 6) is 0.627. The van der Waals surface area contributed by atoms with E-state index in [1.807, 2.05) is 13.0 Å². The topological polar surface area (TPSA) is 18.5 Å². The highest BCUT2D eigenvalue weighted by Gasteiger charge is 2.26. The van der Waals surface area contributed by atoms with Gasteiger partial charge in [-0.15, -0.1) is 0 Å². The van der Waals surface area contributed by atoms with E-state index in [1.54, 1.807) is 6.07 Å². The summed E-state index contributed by atoms with van der Waals surface area (Å²) >= 11 is 16.2. The molecule has 0 aliphatic carbocycles. The average Bonchev–Trinajstić information content (AvgIpc) is 2.43. The number of hydrogen-bond acceptors (Lipinski definition) is 2. The van der Waals surface area contributed by atoms with Crippen LogP contribution in [0.25, 0.3) is 0 Å². The van der Waals surface area contributed by atoms with Crippen molar-refractivity contribution in [1.82, 2.24) is 0 Å². The van der Waals surface area contributed by atoms with Crippen molar-refractivity contribution in [3.05, 3.63) is 27.7 Å². The van der Waals surface area contributed by atoms with Crippen LogP contribution in [0.3, 0.4) is 0 Å². The van der Waals surface area contributed by atoms with Crippen molar-refractivity contribution in [1.29, 1.82) is 0 Å². The maximum atomic E-state index is 6.33. The quantitative estimate of drug-likeness (QED) is 0.663. The maximum absolute atomic E-state index is 6.33. The summed E-state index contributed by atoms with van der Waals surface area (Å²) in [6.45, 7) is 3.30. The molecule has 0 aromatic heterocycles. The van der Waals surface area contributed by atoms with Gasteiger partial charge in [0.15, 0.2) is 0 Å². The number of ether oxygens (including phenoxy) is 2. The molecule has 2 atom stereocenters. The minimum atomic E-state index is 0.0634. The van der Waals surface area contributed by atoms with Crippen molar-refractivity contribution in [3.63, 3.8) is 0 Å². The predicted octanol–water partition coefficient (Wildman–Crippen LogP) is 5.40. The lowest BCUT2D eigenvalue weighted by Gasteiger charge is -2.28. The summed E-state index contributed by atoms with van der Waals surface area (Å²) in [7, 11) is 0. The second kappa shape index (κ2) is 7.16. The summed E-state index contributed by atoms with van der Waals surface area (Å²) in [5, 5.41) is 1.24. The number of alkyl halides is 1. The molecule has 0 spiro atoms. The fourth-order valence-electron chi connectivity index (χ4n) is 2.22. The van der Waals surface area contributed by atoms with E-state index in [1.165, 1.54) is 6.42 Å². The maximum Gasteiger partial charge on any atom is 0.139 e. The van der Waals surface area contributed by atoms with Crippen LogP contribution in [0.2, 0.25) is 10.0 Å². The average molecular weight is 368 g/mol. The van der Waals surface area contributed by atoms with Gasteiger partial charge in [0.05, 0.1) is 22.6 Å². The zero-order valence-corrected chi connectivity index (χ0v) is 13.9. The van der Waals surface area contributed by atoms with Crippen molar-refractivity contribution in [2.45, 2.75) is 37.1 Å². The Morgan fingerprint density at radius 2 is 2.16 bits per heavy atom. The molecule has 1 aliphatic heterocycles. The fraction of sp³-hybridized carbons (Fsp3) is 0.571. The molecule has 2 nitrogen and oxygen atoms in total. The minimum Gasteiger partial charge on any atom is -0.492 e. The molecule has 0 N–H and O–H groups in total. The Morgan fingerprint density at radius 1 is 1.37 bits per heavy atom. The first-order valence-electron chi connectivity index (χ1n) is 6.51. The van der Waals surface area contributed by atoms with Crippen LogP contribution in [0.15, 0.2) is 12.1 Å². The lowest BCUT2D eigenvalue weighted by Crippen LogP contribution is -2.23. The van der Waals surface area contributed by atoms with E-state index in [0.717, 1.165) is 25.0 Å². The number of hydrogen-bond donors (Lipinski definition) is 0. The van der Waals surface area contributed by atoms with Gasteiger partial charge in [-0.2, -0.15) is 0 Å². The third kappa shape index (κ3) is 3.78. The lowest BCUT2D eigenvalue weighted by atomic mass is 10.0. The smallest absolute Gasteiger partial charge is 0.139 e. The largest absolute Gasteiger partial charge is 0.492 e. The first-order valence-corrected chi connectivity index (χ1v) is 8.18. The number of benzene rings is 1. The van der Waals surface area contributed by atoms with Gasteiger partial charge < -0.3 is 9.47 Å². The number of rotatable bonds is 4. The van der Waals surface area contributed by atoms with E-state index >= 15 is 0 Å². The standard InChI is InChI=1S/C14H17BrCl2O2/c1-2-18-13-8-10(16)9(7-11(13)17)14(15)12-5-3-4-6-19-12/h7-8,12,14H,2-6H2,1H3. The molecule has 19 heavy (non-hydrogen) atoms. The summed E-state index contributed by atoms with van der Waals surface area (Å²) < 4.78 is 11.2. The van der Waals surface area contributed by atoms with E-state index in [0.29, 0.717) is 22.4 Å². The van der Waals surface area contributed by atoms with Gasteiger partial charge in [-0.1, -0.05) is 39.1 Å². The SMILES string of the molecule is CCOc1cc(Cl)c(C(Br)C2CCCCO2)cc1Cl. The van der Waals surface area contributed by atoms with Crippen molar-refractivity contribution < 1.29 is 9.47 Å². The Kier molecular flexibility index (Phi) is 5.82. The lowest BCUT2D eigenvalue weighted by molar-refractivity contribution is 0.0160. The van der Waals surface area contributed by atoms with Gasteiger partial charge in [-0.05, 0) is 37.8 Å². The third-order valence-corrected chi connectivity index (χ3v) is 4.90. The molecule has 106 valence electrons. The highest BCUT2D eigenvalue weighted by Crippen LogP contribution is 2.41. The van der Waals surface area contributed by atoms with Crippen LogP contribution >= 0.6 is 39.1 Å². The van der Waals surface area contributed by atoms with Crippen LogP contribution in [-0.4, -0.2) is 19.3 Å². The molecule has 1 fully saturated rings. The molecule has 1 aliphatic rings. The molecule has 0 amide bonds. The van der Waals surface area contributed by atoms with Crippen molar-refractivity contribution in [2.24, 2.45) is 0 Å². The molecule has 2 unspecified atom stereocenters. The van der Waals surface area contributed by atoms with Crippen LogP contribution in [0.4, 0.5) is 0 Å². The van der Waals surface area contributed by atoms with Crippen LogP contribution in [-0.2, 0) is 4.74 Å². The van der Waals surface area contributed by atoms with Crippen LogP contribution in [0.1, 0.15) is 36.6 Å². The molecule has 1 aromatic carbocycles. The molecule has 0 radical (unpaired) electrons. The first kappa shape index (κ1) is 15.4. The van der Waals surface area contributed by atoms with Crippen molar-refractivity contribution in [3.8, 4) is 5.75 Å². The summed E-state index contributed by atoms with van der Waals surface area (Å²) in [6, 6.07) is 3.64. The van der Waals surface area contributed by atoms with Crippen molar-refractivity contribution >= 4 is 39.1 Å². The predicted molar refractivity (Wildman–Crippen MR) is 82.9 cm³/mol. The van der Waals surface area contributed by atoms with E-state index in [2.05, 4.69) is 15.9 Å². The van der Waals surface area contributed by atoms with Gasteiger partial charge >= 0.3 is 0 Å². The number of halogens is 3. The Hall–Kier alpha value is 0.0400. The zero-order valence-electron chi connectivity index (χ0n) is 10.8. The molecule has 1 heterocycles. The molecule has 0 saturated carbocycles. The monoisotopic (exact) mass is 366 g/mol. The second-order valence-corrected chi connectivity index (χ2v) is 6.34. The molecular formula is C14H17BrCl2O2. The van der Waals surface area contributed by atoms with Gasteiger partial charge in [0, 0.05) is 17.7 Å². The van der Waals surface area contributed by atoms with Crippen molar-refractivity contribution in [2.75, 3.05) is 13.2 Å². The molecule has 0 bridgehead atoms. The van der Waals surface area contributed by atoms with Crippen LogP contribution in [0, 0.1) is 0 Å². The van der Waals surface area contributed by atoms with Gasteiger partial charge in [0.25, 0.3) is 0 Å². The van der Waals surface area contributed by atoms with E-state index in [9.17, 15) is 0 Å².